The smallest absolute Gasteiger partial charge is 0.139 e. The van der Waals surface area contributed by atoms with E-state index in [4.69, 9.17) is 23.2 Å². The molecular formula is C22H22Cl2FN3. The van der Waals surface area contributed by atoms with E-state index in [0.29, 0.717) is 28.6 Å². The number of rotatable bonds is 6. The van der Waals surface area contributed by atoms with Gasteiger partial charge in [-0.25, -0.2) is 9.37 Å². The summed E-state index contributed by atoms with van der Waals surface area (Å²) >= 11 is 12.9. The molecule has 0 aliphatic carbocycles. The molecule has 1 N–H and O–H groups in total. The van der Waals surface area contributed by atoms with Crippen molar-refractivity contribution in [3.8, 4) is 22.5 Å². The maximum Gasteiger partial charge on any atom is 0.139 e. The zero-order chi connectivity index (χ0) is 20.3. The van der Waals surface area contributed by atoms with Crippen LogP contribution in [0.3, 0.4) is 0 Å². The lowest BCUT2D eigenvalue weighted by Crippen LogP contribution is -2.18. The zero-order valence-corrected chi connectivity index (χ0v) is 17.5. The Morgan fingerprint density at radius 2 is 1.79 bits per heavy atom. The summed E-state index contributed by atoms with van der Waals surface area (Å²) in [4.78, 5) is 8.82. The Kier molecular flexibility index (Phi) is 6.53. The number of aromatic nitrogens is 2. The Morgan fingerprint density at radius 1 is 1.00 bits per heavy atom. The second-order valence-corrected chi connectivity index (χ2v) is 7.97. The molecule has 28 heavy (non-hydrogen) atoms. The fraction of sp³-hybridized carbons (Fsp3) is 0.273. The van der Waals surface area contributed by atoms with Crippen molar-refractivity contribution in [1.82, 2.24) is 9.97 Å². The third-order valence-corrected chi connectivity index (χ3v) is 4.93. The van der Waals surface area contributed by atoms with Crippen molar-refractivity contribution < 1.29 is 4.39 Å². The van der Waals surface area contributed by atoms with Crippen LogP contribution in [0.5, 0.6) is 0 Å². The number of halogens is 3. The van der Waals surface area contributed by atoms with Gasteiger partial charge in [0.25, 0.3) is 0 Å². The summed E-state index contributed by atoms with van der Waals surface area (Å²) in [5.74, 6) is 0.0666. The summed E-state index contributed by atoms with van der Waals surface area (Å²) in [6, 6.07) is 12.2. The molecule has 146 valence electrons. The Hall–Kier alpha value is -2.17. The molecule has 6 heteroatoms. The molecule has 0 spiro atoms. The molecule has 3 rings (SSSR count). The highest BCUT2D eigenvalue weighted by Gasteiger charge is 2.21. The number of benzene rings is 1. The van der Waals surface area contributed by atoms with Gasteiger partial charge in [0.05, 0.1) is 16.4 Å². The van der Waals surface area contributed by atoms with Gasteiger partial charge in [0, 0.05) is 29.1 Å². The standard InChI is InChI=1S/C22H22Cl2FN3/c1-13(2)11-14(3)27-19-12-18(17-9-4-5-10-26-17)28-22(24)21(19)20-15(23)7-6-8-16(20)25/h4-10,12-14H,11H2,1-3H3,(H,27,28). The highest BCUT2D eigenvalue weighted by Crippen LogP contribution is 2.41. The second kappa shape index (κ2) is 8.89. The van der Waals surface area contributed by atoms with Crippen LogP contribution in [0.15, 0.2) is 48.7 Å². The average molecular weight is 418 g/mol. The molecule has 0 saturated heterocycles. The molecule has 0 amide bonds. The molecule has 0 saturated carbocycles. The molecule has 1 atom stereocenters. The van der Waals surface area contributed by atoms with E-state index in [1.54, 1.807) is 18.3 Å². The maximum absolute atomic E-state index is 14.7. The molecule has 0 aliphatic rings. The van der Waals surface area contributed by atoms with Gasteiger partial charge in [-0.2, -0.15) is 0 Å². The summed E-state index contributed by atoms with van der Waals surface area (Å²) in [5, 5.41) is 3.93. The van der Waals surface area contributed by atoms with Crippen molar-refractivity contribution in [3.63, 3.8) is 0 Å². The lowest BCUT2D eigenvalue weighted by Gasteiger charge is -2.22. The molecule has 2 heterocycles. The summed E-state index contributed by atoms with van der Waals surface area (Å²) in [6.07, 6.45) is 2.64. The molecule has 0 bridgehead atoms. The van der Waals surface area contributed by atoms with Gasteiger partial charge in [-0.15, -0.1) is 0 Å². The third-order valence-electron chi connectivity index (χ3n) is 4.34. The first-order valence-corrected chi connectivity index (χ1v) is 9.95. The van der Waals surface area contributed by atoms with Gasteiger partial charge in [-0.05, 0) is 49.6 Å². The molecular weight excluding hydrogens is 396 g/mol. The van der Waals surface area contributed by atoms with Gasteiger partial charge in [0.2, 0.25) is 0 Å². The lowest BCUT2D eigenvalue weighted by atomic mass is 10.0. The largest absolute Gasteiger partial charge is 0.382 e. The first-order chi connectivity index (χ1) is 13.4. The van der Waals surface area contributed by atoms with Crippen molar-refractivity contribution in [3.05, 3.63) is 64.7 Å². The number of nitrogens with one attached hydrogen (secondary N) is 1. The molecule has 1 unspecified atom stereocenters. The van der Waals surface area contributed by atoms with Crippen LogP contribution in [0.4, 0.5) is 10.1 Å². The zero-order valence-electron chi connectivity index (χ0n) is 16.0. The predicted molar refractivity (Wildman–Crippen MR) is 115 cm³/mol. The van der Waals surface area contributed by atoms with Gasteiger partial charge in [-0.3, -0.25) is 4.98 Å². The number of hydrogen-bond acceptors (Lipinski definition) is 3. The van der Waals surface area contributed by atoms with E-state index in [2.05, 4.69) is 36.1 Å². The summed E-state index contributed by atoms with van der Waals surface area (Å²) < 4.78 is 14.7. The quantitative estimate of drug-likeness (QED) is 0.434. The Balaban J connectivity index is 2.17. The maximum atomic E-state index is 14.7. The number of nitrogens with zero attached hydrogens (tertiary/aromatic N) is 2. The van der Waals surface area contributed by atoms with Crippen molar-refractivity contribution in [2.45, 2.75) is 33.2 Å². The first kappa shape index (κ1) is 20.6. The third kappa shape index (κ3) is 4.62. The molecule has 3 nitrogen and oxygen atoms in total. The van der Waals surface area contributed by atoms with E-state index in [1.807, 2.05) is 24.3 Å². The van der Waals surface area contributed by atoms with E-state index in [1.165, 1.54) is 6.07 Å². The number of hydrogen-bond donors (Lipinski definition) is 1. The molecule has 2 aromatic heterocycles. The molecule has 3 aromatic rings. The van der Waals surface area contributed by atoms with Crippen LogP contribution < -0.4 is 5.32 Å². The normalized spacial score (nSPS) is 12.2. The van der Waals surface area contributed by atoms with Crippen molar-refractivity contribution in [2.24, 2.45) is 5.92 Å². The van der Waals surface area contributed by atoms with Crippen LogP contribution in [-0.2, 0) is 0 Å². The van der Waals surface area contributed by atoms with Gasteiger partial charge in [0.15, 0.2) is 0 Å². The van der Waals surface area contributed by atoms with Crippen LogP contribution >= 0.6 is 23.2 Å². The Morgan fingerprint density at radius 3 is 2.43 bits per heavy atom. The average Bonchev–Trinajstić information content (AvgIpc) is 2.63. The van der Waals surface area contributed by atoms with Crippen LogP contribution in [0.2, 0.25) is 10.2 Å². The fourth-order valence-corrected chi connectivity index (χ4v) is 3.82. The number of anilines is 1. The van der Waals surface area contributed by atoms with Crippen LogP contribution in [0.25, 0.3) is 22.5 Å². The van der Waals surface area contributed by atoms with Crippen molar-refractivity contribution in [2.75, 3.05) is 5.32 Å². The predicted octanol–water partition coefficient (Wildman–Crippen LogP) is 7.10. The monoisotopic (exact) mass is 417 g/mol. The Bertz CT molecular complexity index is 941. The number of pyridine rings is 2. The van der Waals surface area contributed by atoms with Gasteiger partial charge >= 0.3 is 0 Å². The highest BCUT2D eigenvalue weighted by molar-refractivity contribution is 6.36. The SMILES string of the molecule is CC(C)CC(C)Nc1cc(-c2ccccn2)nc(Cl)c1-c1c(F)cccc1Cl. The summed E-state index contributed by atoms with van der Waals surface area (Å²) in [7, 11) is 0. The van der Waals surface area contributed by atoms with E-state index in [0.717, 1.165) is 6.42 Å². The summed E-state index contributed by atoms with van der Waals surface area (Å²) in [6.45, 7) is 6.40. The van der Waals surface area contributed by atoms with Gasteiger partial charge < -0.3 is 5.32 Å². The van der Waals surface area contributed by atoms with E-state index < -0.39 is 5.82 Å². The van der Waals surface area contributed by atoms with Crippen molar-refractivity contribution in [1.29, 1.82) is 0 Å². The summed E-state index contributed by atoms with van der Waals surface area (Å²) in [5.41, 5.74) is 2.69. The highest BCUT2D eigenvalue weighted by atomic mass is 35.5. The van der Waals surface area contributed by atoms with Crippen LogP contribution in [-0.4, -0.2) is 16.0 Å². The molecule has 0 radical (unpaired) electrons. The van der Waals surface area contributed by atoms with E-state index in [9.17, 15) is 4.39 Å². The second-order valence-electron chi connectivity index (χ2n) is 7.21. The minimum Gasteiger partial charge on any atom is -0.382 e. The molecule has 0 aliphatic heterocycles. The topological polar surface area (TPSA) is 37.8 Å². The fourth-order valence-electron chi connectivity index (χ4n) is 3.28. The van der Waals surface area contributed by atoms with E-state index in [-0.39, 0.29) is 21.8 Å². The van der Waals surface area contributed by atoms with E-state index >= 15 is 0 Å². The van der Waals surface area contributed by atoms with Gasteiger partial charge in [-0.1, -0.05) is 49.2 Å². The lowest BCUT2D eigenvalue weighted by molar-refractivity contribution is 0.540. The minimum atomic E-state index is -0.443. The first-order valence-electron chi connectivity index (χ1n) is 9.19. The van der Waals surface area contributed by atoms with Gasteiger partial charge in [0.1, 0.15) is 11.0 Å². The minimum absolute atomic E-state index is 0.152. The van der Waals surface area contributed by atoms with Crippen LogP contribution in [0.1, 0.15) is 27.2 Å². The molecule has 1 aromatic carbocycles. The Labute approximate surface area is 174 Å². The molecule has 0 fully saturated rings. The van der Waals surface area contributed by atoms with Crippen LogP contribution in [0, 0.1) is 11.7 Å². The van der Waals surface area contributed by atoms with Crippen molar-refractivity contribution >= 4 is 28.9 Å².